The molecule has 0 N–H and O–H groups in total. The van der Waals surface area contributed by atoms with Crippen LogP contribution in [-0.2, 0) is 9.53 Å². The van der Waals surface area contributed by atoms with E-state index in [1.54, 1.807) is 18.2 Å². The molecular weight excluding hydrogens is 464 g/mol. The number of esters is 1. The predicted molar refractivity (Wildman–Crippen MR) is 136 cm³/mol. The summed E-state index contributed by atoms with van der Waals surface area (Å²) in [5.74, 6) is -0.0110. The summed E-state index contributed by atoms with van der Waals surface area (Å²) in [6, 6.07) is 16.7. The van der Waals surface area contributed by atoms with E-state index < -0.39 is 5.97 Å². The SMILES string of the molecule is COC(=O)c1ccc(-n2c(C)cc(/C=C3\SC(=O)N(CCOc4ccc(C)cc4)C3=O)c2C)cc1. The summed E-state index contributed by atoms with van der Waals surface area (Å²) in [5, 5.41) is -0.305. The van der Waals surface area contributed by atoms with E-state index in [9.17, 15) is 14.4 Å². The first-order valence-electron chi connectivity index (χ1n) is 11.1. The van der Waals surface area contributed by atoms with Crippen molar-refractivity contribution in [3.63, 3.8) is 0 Å². The summed E-state index contributed by atoms with van der Waals surface area (Å²) in [6.45, 7) is 6.32. The van der Waals surface area contributed by atoms with Crippen molar-refractivity contribution in [1.29, 1.82) is 0 Å². The van der Waals surface area contributed by atoms with E-state index in [1.807, 2.05) is 67.8 Å². The Morgan fingerprint density at radius 1 is 1.00 bits per heavy atom. The molecule has 1 aliphatic rings. The molecule has 4 rings (SSSR count). The van der Waals surface area contributed by atoms with E-state index in [4.69, 9.17) is 9.47 Å². The molecule has 0 saturated carbocycles. The minimum Gasteiger partial charge on any atom is -0.492 e. The van der Waals surface area contributed by atoms with Gasteiger partial charge in [-0.15, -0.1) is 0 Å². The molecule has 0 bridgehead atoms. The fraction of sp³-hybridized carbons (Fsp3) is 0.222. The van der Waals surface area contributed by atoms with Crippen LogP contribution in [0.15, 0.2) is 59.5 Å². The van der Waals surface area contributed by atoms with Gasteiger partial charge in [0.05, 0.1) is 24.1 Å². The number of hydrogen-bond donors (Lipinski definition) is 0. The number of ether oxygens (including phenoxy) is 2. The van der Waals surface area contributed by atoms with Gasteiger partial charge in [-0.05, 0) is 86.6 Å². The van der Waals surface area contributed by atoms with Crippen molar-refractivity contribution >= 4 is 35.0 Å². The van der Waals surface area contributed by atoms with Crippen molar-refractivity contribution in [1.82, 2.24) is 9.47 Å². The maximum absolute atomic E-state index is 12.9. The third-order valence-electron chi connectivity index (χ3n) is 5.78. The number of carbonyl (C=O) groups excluding carboxylic acids is 3. The Kier molecular flexibility index (Phi) is 7.12. The summed E-state index contributed by atoms with van der Waals surface area (Å²) >= 11 is 0.934. The second-order valence-corrected chi connectivity index (χ2v) is 9.19. The summed E-state index contributed by atoms with van der Waals surface area (Å²) < 4.78 is 12.5. The van der Waals surface area contributed by atoms with Crippen LogP contribution in [0.3, 0.4) is 0 Å². The molecule has 1 aromatic heterocycles. The van der Waals surface area contributed by atoms with Gasteiger partial charge in [-0.1, -0.05) is 17.7 Å². The van der Waals surface area contributed by atoms with Gasteiger partial charge in [0.15, 0.2) is 0 Å². The van der Waals surface area contributed by atoms with Gasteiger partial charge >= 0.3 is 5.97 Å². The Bertz CT molecular complexity index is 1310. The smallest absolute Gasteiger partial charge is 0.337 e. The third-order valence-corrected chi connectivity index (χ3v) is 6.69. The quantitative estimate of drug-likeness (QED) is 0.330. The molecule has 8 heteroatoms. The molecule has 2 amide bonds. The van der Waals surface area contributed by atoms with Crippen molar-refractivity contribution in [3.05, 3.63) is 87.6 Å². The lowest BCUT2D eigenvalue weighted by Crippen LogP contribution is -2.32. The number of aromatic nitrogens is 1. The van der Waals surface area contributed by atoms with Crippen molar-refractivity contribution in [2.75, 3.05) is 20.3 Å². The highest BCUT2D eigenvalue weighted by Crippen LogP contribution is 2.33. The Balaban J connectivity index is 1.48. The number of nitrogens with zero attached hydrogens (tertiary/aromatic N) is 2. The van der Waals surface area contributed by atoms with Gasteiger partial charge < -0.3 is 14.0 Å². The van der Waals surface area contributed by atoms with E-state index in [2.05, 4.69) is 0 Å². The van der Waals surface area contributed by atoms with Gasteiger partial charge in [0.25, 0.3) is 11.1 Å². The van der Waals surface area contributed by atoms with E-state index in [-0.39, 0.29) is 24.3 Å². The maximum atomic E-state index is 12.9. The molecule has 0 unspecified atom stereocenters. The maximum Gasteiger partial charge on any atom is 0.337 e. The second kappa shape index (κ2) is 10.2. The van der Waals surface area contributed by atoms with Crippen LogP contribution in [0.1, 0.15) is 32.9 Å². The molecule has 35 heavy (non-hydrogen) atoms. The van der Waals surface area contributed by atoms with Crippen molar-refractivity contribution in [2.45, 2.75) is 20.8 Å². The summed E-state index contributed by atoms with van der Waals surface area (Å²) in [7, 11) is 1.35. The van der Waals surface area contributed by atoms with Crippen molar-refractivity contribution < 1.29 is 23.9 Å². The van der Waals surface area contributed by atoms with Gasteiger partial charge in [0.2, 0.25) is 0 Å². The van der Waals surface area contributed by atoms with Gasteiger partial charge in [0, 0.05) is 17.1 Å². The normalized spacial score (nSPS) is 14.6. The monoisotopic (exact) mass is 490 g/mol. The number of methoxy groups -OCH3 is 1. The summed E-state index contributed by atoms with van der Waals surface area (Å²) in [6.07, 6.45) is 1.76. The average molecular weight is 491 g/mol. The van der Waals surface area contributed by atoms with Crippen LogP contribution in [0.25, 0.3) is 11.8 Å². The largest absolute Gasteiger partial charge is 0.492 e. The molecule has 2 aromatic carbocycles. The Morgan fingerprint density at radius 2 is 1.69 bits per heavy atom. The van der Waals surface area contributed by atoms with E-state index in [0.717, 1.165) is 40.0 Å². The highest BCUT2D eigenvalue weighted by molar-refractivity contribution is 8.18. The molecule has 7 nitrogen and oxygen atoms in total. The number of carbonyl (C=O) groups is 3. The van der Waals surface area contributed by atoms with Gasteiger partial charge in [-0.25, -0.2) is 4.79 Å². The molecule has 180 valence electrons. The molecule has 2 heterocycles. The number of hydrogen-bond acceptors (Lipinski definition) is 6. The van der Waals surface area contributed by atoms with Crippen LogP contribution in [0.5, 0.6) is 5.75 Å². The van der Waals surface area contributed by atoms with E-state index in [1.165, 1.54) is 12.0 Å². The fourth-order valence-corrected chi connectivity index (χ4v) is 4.77. The topological polar surface area (TPSA) is 77.8 Å². The van der Waals surface area contributed by atoms with Crippen molar-refractivity contribution in [3.8, 4) is 11.4 Å². The minimum atomic E-state index is -0.391. The molecule has 1 saturated heterocycles. The van der Waals surface area contributed by atoms with Crippen LogP contribution in [0.2, 0.25) is 0 Å². The highest BCUT2D eigenvalue weighted by Gasteiger charge is 2.35. The van der Waals surface area contributed by atoms with Gasteiger partial charge in [-0.3, -0.25) is 14.5 Å². The molecule has 1 aliphatic heterocycles. The number of imide groups is 1. The summed E-state index contributed by atoms with van der Waals surface area (Å²) in [4.78, 5) is 38.7. The minimum absolute atomic E-state index is 0.182. The number of rotatable bonds is 7. The van der Waals surface area contributed by atoms with Crippen molar-refractivity contribution in [2.24, 2.45) is 0 Å². The first-order valence-corrected chi connectivity index (χ1v) is 11.9. The molecule has 0 spiro atoms. The van der Waals surface area contributed by atoms with Crippen LogP contribution in [0, 0.1) is 20.8 Å². The fourth-order valence-electron chi connectivity index (χ4n) is 3.92. The lowest BCUT2D eigenvalue weighted by molar-refractivity contribution is -0.123. The third kappa shape index (κ3) is 5.17. The lowest BCUT2D eigenvalue weighted by Gasteiger charge is -2.13. The predicted octanol–water partition coefficient (Wildman–Crippen LogP) is 5.30. The zero-order valence-electron chi connectivity index (χ0n) is 20.0. The van der Waals surface area contributed by atoms with E-state index in [0.29, 0.717) is 16.2 Å². The van der Waals surface area contributed by atoms with E-state index >= 15 is 0 Å². The molecule has 1 fully saturated rings. The standard InChI is InChI=1S/C27H26N2O5S/c1-17-5-11-23(12-6-17)34-14-13-28-25(30)24(35-27(28)32)16-21-15-18(2)29(19(21)3)22-9-7-20(8-10-22)26(31)33-4/h5-12,15-16H,13-14H2,1-4H3/b24-16-. The molecule has 0 radical (unpaired) electrons. The first kappa shape index (κ1) is 24.3. The lowest BCUT2D eigenvalue weighted by atomic mass is 10.2. The zero-order chi connectivity index (χ0) is 25.1. The van der Waals surface area contributed by atoms with Gasteiger partial charge in [0.1, 0.15) is 12.4 Å². The van der Waals surface area contributed by atoms with Gasteiger partial charge in [-0.2, -0.15) is 0 Å². The molecule has 3 aromatic rings. The number of amides is 2. The average Bonchev–Trinajstić information content (AvgIpc) is 3.28. The van der Waals surface area contributed by atoms with Crippen LogP contribution < -0.4 is 4.74 Å². The molecule has 0 aliphatic carbocycles. The number of thioether (sulfide) groups is 1. The molecule has 0 atom stereocenters. The highest BCUT2D eigenvalue weighted by atomic mass is 32.2. The number of aryl methyl sites for hydroxylation is 2. The van der Waals surface area contributed by atoms with Crippen LogP contribution >= 0.6 is 11.8 Å². The second-order valence-electron chi connectivity index (χ2n) is 8.20. The number of benzene rings is 2. The Hall–Kier alpha value is -3.78. The summed E-state index contributed by atoms with van der Waals surface area (Å²) in [5.41, 5.74) is 5.22. The Labute approximate surface area is 208 Å². The zero-order valence-corrected chi connectivity index (χ0v) is 20.8. The molecular formula is C27H26N2O5S. The van der Waals surface area contributed by atoms with Crippen LogP contribution in [0.4, 0.5) is 4.79 Å². The first-order chi connectivity index (χ1) is 16.8. The Morgan fingerprint density at radius 3 is 2.34 bits per heavy atom. The van der Waals surface area contributed by atoms with Crippen LogP contribution in [-0.4, -0.2) is 46.8 Å².